The van der Waals surface area contributed by atoms with E-state index in [0.717, 1.165) is 25.0 Å². The van der Waals surface area contributed by atoms with Gasteiger partial charge in [-0.3, -0.25) is 9.59 Å². The van der Waals surface area contributed by atoms with Gasteiger partial charge in [0, 0.05) is 25.1 Å². The fraction of sp³-hybridized carbons (Fsp3) is 0.600. The van der Waals surface area contributed by atoms with Crippen LogP contribution < -0.4 is 10.6 Å². The quantitative estimate of drug-likeness (QED) is 0.841. The molecule has 2 bridgehead atoms. The van der Waals surface area contributed by atoms with E-state index in [1.54, 1.807) is 0 Å². The molecule has 0 heterocycles. The van der Waals surface area contributed by atoms with Gasteiger partial charge in [-0.05, 0) is 48.1 Å². The first-order chi connectivity index (χ1) is 12.1. The molecule has 0 saturated heterocycles. The smallest absolute Gasteiger partial charge is 0.254 e. The predicted octanol–water partition coefficient (Wildman–Crippen LogP) is 3.42. The van der Waals surface area contributed by atoms with Gasteiger partial charge in [0.15, 0.2) is 0 Å². The molecule has 1 aromatic carbocycles. The summed E-state index contributed by atoms with van der Waals surface area (Å²) >= 11 is 0. The summed E-state index contributed by atoms with van der Waals surface area (Å²) in [4.78, 5) is 24.2. The molecule has 2 N–H and O–H groups in total. The summed E-state index contributed by atoms with van der Waals surface area (Å²) in [6.45, 7) is 6.93. The lowest BCUT2D eigenvalue weighted by Gasteiger charge is -2.39. The van der Waals surface area contributed by atoms with E-state index in [1.165, 1.54) is 6.42 Å². The first-order valence-electron chi connectivity index (χ1n) is 9.18. The largest absolute Gasteiger partial charge is 0.353 e. The second-order valence-corrected chi connectivity index (χ2v) is 8.36. The summed E-state index contributed by atoms with van der Waals surface area (Å²) in [6, 6.07) is 2.95. The van der Waals surface area contributed by atoms with Gasteiger partial charge in [-0.2, -0.15) is 0 Å². The molecule has 4 nitrogen and oxygen atoms in total. The SMILES string of the molecule is CC1(C)C2CCC1(C)C(NC(=O)CCNC(=O)c1ccc(F)cc1F)C2. The highest BCUT2D eigenvalue weighted by atomic mass is 19.1. The molecule has 1 aromatic rings. The van der Waals surface area contributed by atoms with Crippen molar-refractivity contribution < 1.29 is 18.4 Å². The Kier molecular flexibility index (Phi) is 4.80. The minimum atomic E-state index is -0.913. The molecule has 3 unspecified atom stereocenters. The Morgan fingerprint density at radius 1 is 1.23 bits per heavy atom. The third-order valence-electron chi connectivity index (χ3n) is 6.94. The highest BCUT2D eigenvalue weighted by Crippen LogP contribution is 2.65. The van der Waals surface area contributed by atoms with Crippen molar-refractivity contribution in [3.05, 3.63) is 35.4 Å². The maximum atomic E-state index is 13.6. The summed E-state index contributed by atoms with van der Waals surface area (Å²) in [5, 5.41) is 5.64. The van der Waals surface area contributed by atoms with Crippen LogP contribution >= 0.6 is 0 Å². The number of hydrogen-bond acceptors (Lipinski definition) is 2. The molecular formula is C20H26F2N2O2. The van der Waals surface area contributed by atoms with Crippen LogP contribution in [-0.2, 0) is 4.79 Å². The predicted molar refractivity (Wildman–Crippen MR) is 94.5 cm³/mol. The van der Waals surface area contributed by atoms with Crippen molar-refractivity contribution in [3.8, 4) is 0 Å². The first kappa shape index (κ1) is 18.8. The lowest BCUT2D eigenvalue weighted by molar-refractivity contribution is -0.122. The van der Waals surface area contributed by atoms with E-state index in [-0.39, 0.29) is 41.3 Å². The van der Waals surface area contributed by atoms with Crippen molar-refractivity contribution in [2.24, 2.45) is 16.7 Å². The molecule has 0 aromatic heterocycles. The first-order valence-corrected chi connectivity index (χ1v) is 9.18. The van der Waals surface area contributed by atoms with Crippen molar-refractivity contribution in [2.75, 3.05) is 6.54 Å². The molecule has 3 atom stereocenters. The van der Waals surface area contributed by atoms with E-state index in [4.69, 9.17) is 0 Å². The van der Waals surface area contributed by atoms with Gasteiger partial charge in [0.2, 0.25) is 5.91 Å². The molecule has 26 heavy (non-hydrogen) atoms. The molecule has 2 fully saturated rings. The van der Waals surface area contributed by atoms with Crippen LogP contribution in [0.4, 0.5) is 8.78 Å². The normalized spacial score (nSPS) is 28.8. The Balaban J connectivity index is 1.49. The van der Waals surface area contributed by atoms with E-state index in [9.17, 15) is 18.4 Å². The van der Waals surface area contributed by atoms with Crippen molar-refractivity contribution >= 4 is 11.8 Å². The standard InChI is InChI=1S/C20H26F2N2O2/c1-19(2)12-6-8-20(19,3)16(10-12)24-17(25)7-9-23-18(26)14-5-4-13(21)11-15(14)22/h4-5,11-12,16H,6-10H2,1-3H3,(H,23,26)(H,24,25). The Hall–Kier alpha value is -1.98. The van der Waals surface area contributed by atoms with E-state index >= 15 is 0 Å². The summed E-state index contributed by atoms with van der Waals surface area (Å²) in [7, 11) is 0. The number of rotatable bonds is 5. The summed E-state index contributed by atoms with van der Waals surface area (Å²) < 4.78 is 26.5. The van der Waals surface area contributed by atoms with Crippen LogP contribution in [0, 0.1) is 28.4 Å². The average Bonchev–Trinajstić information content (AvgIpc) is 2.88. The number of fused-ring (bicyclic) bond motifs is 2. The highest BCUT2D eigenvalue weighted by molar-refractivity contribution is 5.94. The Morgan fingerprint density at radius 2 is 1.96 bits per heavy atom. The van der Waals surface area contributed by atoms with Crippen LogP contribution in [0.2, 0.25) is 0 Å². The molecule has 0 radical (unpaired) electrons. The molecule has 0 spiro atoms. The minimum absolute atomic E-state index is 0.105. The number of benzene rings is 1. The average molecular weight is 364 g/mol. The molecule has 6 heteroatoms. The third kappa shape index (κ3) is 3.10. The second-order valence-electron chi connectivity index (χ2n) is 8.36. The van der Waals surface area contributed by atoms with Crippen molar-refractivity contribution in [3.63, 3.8) is 0 Å². The number of amides is 2. The van der Waals surface area contributed by atoms with Crippen molar-refractivity contribution in [1.29, 1.82) is 0 Å². The number of carbonyl (C=O) groups is 2. The van der Waals surface area contributed by atoms with Crippen molar-refractivity contribution in [1.82, 2.24) is 10.6 Å². The molecule has 2 aliphatic rings. The summed E-state index contributed by atoms with van der Waals surface area (Å²) in [5.74, 6) is -1.77. The van der Waals surface area contributed by atoms with Crippen LogP contribution in [0.5, 0.6) is 0 Å². The number of halogens is 2. The monoisotopic (exact) mass is 364 g/mol. The van der Waals surface area contributed by atoms with Crippen molar-refractivity contribution in [2.45, 2.75) is 52.5 Å². The van der Waals surface area contributed by atoms with E-state index in [0.29, 0.717) is 12.0 Å². The number of carbonyl (C=O) groups excluding carboxylic acids is 2. The van der Waals surface area contributed by atoms with E-state index in [1.807, 2.05) is 0 Å². The molecule has 142 valence electrons. The van der Waals surface area contributed by atoms with E-state index < -0.39 is 17.5 Å². The lowest BCUT2D eigenvalue weighted by Crippen LogP contribution is -2.47. The number of hydrogen-bond donors (Lipinski definition) is 2. The molecular weight excluding hydrogens is 338 g/mol. The van der Waals surface area contributed by atoms with Gasteiger partial charge in [0.25, 0.3) is 5.91 Å². The van der Waals surface area contributed by atoms with Gasteiger partial charge in [-0.1, -0.05) is 20.8 Å². The van der Waals surface area contributed by atoms with Gasteiger partial charge in [0.1, 0.15) is 11.6 Å². The minimum Gasteiger partial charge on any atom is -0.353 e. The highest BCUT2D eigenvalue weighted by Gasteiger charge is 2.61. The summed E-state index contributed by atoms with van der Waals surface area (Å²) in [5.41, 5.74) is 0.0989. The van der Waals surface area contributed by atoms with Crippen LogP contribution in [0.15, 0.2) is 18.2 Å². The second kappa shape index (κ2) is 6.63. The fourth-order valence-electron chi connectivity index (χ4n) is 4.75. The Morgan fingerprint density at radius 3 is 2.54 bits per heavy atom. The zero-order valence-electron chi connectivity index (χ0n) is 15.5. The van der Waals surface area contributed by atoms with Gasteiger partial charge >= 0.3 is 0 Å². The van der Waals surface area contributed by atoms with Gasteiger partial charge in [-0.15, -0.1) is 0 Å². The zero-order valence-corrected chi connectivity index (χ0v) is 15.5. The Bertz CT molecular complexity index is 735. The van der Waals surface area contributed by atoms with Gasteiger partial charge in [0.05, 0.1) is 5.56 Å². The summed E-state index contributed by atoms with van der Waals surface area (Å²) in [6.07, 6.45) is 3.47. The lowest BCUT2D eigenvalue weighted by atomic mass is 9.69. The molecule has 2 saturated carbocycles. The van der Waals surface area contributed by atoms with Crippen LogP contribution in [0.1, 0.15) is 56.8 Å². The van der Waals surface area contributed by atoms with Gasteiger partial charge in [-0.25, -0.2) is 8.78 Å². The molecule has 0 aliphatic heterocycles. The Labute approximate surface area is 152 Å². The topological polar surface area (TPSA) is 58.2 Å². The van der Waals surface area contributed by atoms with Crippen LogP contribution in [-0.4, -0.2) is 24.4 Å². The van der Waals surface area contributed by atoms with Crippen LogP contribution in [0.25, 0.3) is 0 Å². The van der Waals surface area contributed by atoms with Crippen LogP contribution in [0.3, 0.4) is 0 Å². The fourth-order valence-corrected chi connectivity index (χ4v) is 4.75. The van der Waals surface area contributed by atoms with Gasteiger partial charge < -0.3 is 10.6 Å². The maximum Gasteiger partial charge on any atom is 0.254 e. The molecule has 2 aliphatic carbocycles. The third-order valence-corrected chi connectivity index (χ3v) is 6.94. The molecule has 2 amide bonds. The van der Waals surface area contributed by atoms with E-state index in [2.05, 4.69) is 31.4 Å². The molecule has 3 rings (SSSR count). The maximum absolute atomic E-state index is 13.6. The number of nitrogens with one attached hydrogen (secondary N) is 2. The zero-order chi connectivity index (χ0) is 19.1.